The van der Waals surface area contributed by atoms with Crippen molar-refractivity contribution in [1.82, 2.24) is 4.98 Å². The van der Waals surface area contributed by atoms with Gasteiger partial charge in [-0.25, -0.2) is 4.98 Å². The number of aryl methyl sites for hydroxylation is 1. The van der Waals surface area contributed by atoms with Crippen molar-refractivity contribution in [2.45, 2.75) is 6.92 Å². The van der Waals surface area contributed by atoms with E-state index in [1.54, 1.807) is 19.1 Å². The highest BCUT2D eigenvalue weighted by Gasteiger charge is 2.16. The number of nitro groups is 1. The molecule has 0 amide bonds. The minimum Gasteiger partial charge on any atom is -0.432 e. The zero-order valence-corrected chi connectivity index (χ0v) is 10.1. The maximum absolute atomic E-state index is 10.9. The molecule has 0 bridgehead atoms. The van der Waals surface area contributed by atoms with E-state index < -0.39 is 4.92 Å². The molecule has 0 atom stereocenters. The number of rotatable bonds is 4. The van der Waals surface area contributed by atoms with E-state index in [9.17, 15) is 14.9 Å². The zero-order chi connectivity index (χ0) is 13.8. The van der Waals surface area contributed by atoms with Crippen molar-refractivity contribution in [3.63, 3.8) is 0 Å². The first-order valence-electron chi connectivity index (χ1n) is 5.44. The molecule has 0 aliphatic rings. The number of aromatic nitrogens is 1. The second kappa shape index (κ2) is 5.26. The van der Waals surface area contributed by atoms with E-state index in [0.29, 0.717) is 11.8 Å². The van der Waals surface area contributed by atoms with Gasteiger partial charge in [0.2, 0.25) is 11.6 Å². The Kier molecular flexibility index (Phi) is 3.51. The highest BCUT2D eigenvalue weighted by atomic mass is 16.6. The van der Waals surface area contributed by atoms with Gasteiger partial charge in [0.15, 0.2) is 6.29 Å². The standard InChI is InChI=1S/C13H10N2O4/c1-9-2-4-11(15(17)18)12(6-9)19-13-5-3-10(8-16)7-14-13/h2-8H,1H3. The first kappa shape index (κ1) is 12.7. The number of hydrogen-bond donors (Lipinski definition) is 0. The van der Waals surface area contributed by atoms with Gasteiger partial charge in [0.25, 0.3) is 0 Å². The van der Waals surface area contributed by atoms with Crippen molar-refractivity contribution in [2.24, 2.45) is 0 Å². The maximum atomic E-state index is 10.9. The van der Waals surface area contributed by atoms with E-state index in [1.807, 2.05) is 0 Å². The lowest BCUT2D eigenvalue weighted by Gasteiger charge is -2.06. The molecule has 0 unspecified atom stereocenters. The first-order chi connectivity index (χ1) is 9.10. The molecule has 0 spiro atoms. The van der Waals surface area contributed by atoms with Gasteiger partial charge in [-0.1, -0.05) is 6.07 Å². The maximum Gasteiger partial charge on any atom is 0.311 e. The zero-order valence-electron chi connectivity index (χ0n) is 10.1. The summed E-state index contributed by atoms with van der Waals surface area (Å²) in [5.41, 5.74) is 1.11. The largest absolute Gasteiger partial charge is 0.432 e. The third-order valence-corrected chi connectivity index (χ3v) is 2.42. The van der Waals surface area contributed by atoms with Gasteiger partial charge in [0, 0.05) is 23.9 Å². The minimum atomic E-state index is -0.519. The molecule has 0 saturated heterocycles. The van der Waals surface area contributed by atoms with Crippen LogP contribution in [0.15, 0.2) is 36.5 Å². The van der Waals surface area contributed by atoms with Crippen LogP contribution in [-0.4, -0.2) is 16.2 Å². The van der Waals surface area contributed by atoms with Gasteiger partial charge in [0.1, 0.15) is 0 Å². The van der Waals surface area contributed by atoms with E-state index in [1.165, 1.54) is 24.4 Å². The predicted octanol–water partition coefficient (Wildman–Crippen LogP) is 2.90. The number of ether oxygens (including phenoxy) is 1. The van der Waals surface area contributed by atoms with Crippen LogP contribution in [0.5, 0.6) is 11.6 Å². The fourth-order valence-electron chi connectivity index (χ4n) is 1.49. The van der Waals surface area contributed by atoms with Crippen LogP contribution in [0, 0.1) is 17.0 Å². The third kappa shape index (κ3) is 2.92. The Bertz CT molecular complexity index is 623. The molecule has 0 radical (unpaired) electrons. The smallest absolute Gasteiger partial charge is 0.311 e. The lowest BCUT2D eigenvalue weighted by molar-refractivity contribution is -0.385. The molecule has 6 heteroatoms. The topological polar surface area (TPSA) is 82.3 Å². The molecule has 0 N–H and O–H groups in total. The molecule has 1 aromatic carbocycles. The van der Waals surface area contributed by atoms with Crippen LogP contribution in [0.2, 0.25) is 0 Å². The summed E-state index contributed by atoms with van der Waals surface area (Å²) in [5, 5.41) is 10.9. The Hall–Kier alpha value is -2.76. The van der Waals surface area contributed by atoms with E-state index >= 15 is 0 Å². The summed E-state index contributed by atoms with van der Waals surface area (Å²) in [4.78, 5) is 24.8. The molecule has 1 heterocycles. The van der Waals surface area contributed by atoms with Crippen molar-refractivity contribution < 1.29 is 14.5 Å². The number of pyridine rings is 1. The SMILES string of the molecule is Cc1ccc([N+](=O)[O-])c(Oc2ccc(C=O)cn2)c1. The van der Waals surface area contributed by atoms with E-state index in [2.05, 4.69) is 4.98 Å². The summed E-state index contributed by atoms with van der Waals surface area (Å²) in [6.45, 7) is 1.81. The minimum absolute atomic E-state index is 0.122. The number of hydrogen-bond acceptors (Lipinski definition) is 5. The van der Waals surface area contributed by atoms with Crippen LogP contribution >= 0.6 is 0 Å². The summed E-state index contributed by atoms with van der Waals surface area (Å²) in [6.07, 6.45) is 2.00. The van der Waals surface area contributed by atoms with Gasteiger partial charge in [-0.15, -0.1) is 0 Å². The molecular formula is C13H10N2O4. The van der Waals surface area contributed by atoms with Crippen LogP contribution in [-0.2, 0) is 0 Å². The number of carbonyl (C=O) groups is 1. The Morgan fingerprint density at radius 3 is 2.68 bits per heavy atom. The molecule has 0 aliphatic carbocycles. The van der Waals surface area contributed by atoms with Crippen molar-refractivity contribution in [3.8, 4) is 11.6 Å². The number of carbonyl (C=O) groups excluding carboxylic acids is 1. The lowest BCUT2D eigenvalue weighted by Crippen LogP contribution is -1.95. The predicted molar refractivity (Wildman–Crippen MR) is 67.5 cm³/mol. The number of nitro benzene ring substituents is 1. The molecule has 0 fully saturated rings. The Morgan fingerprint density at radius 2 is 2.11 bits per heavy atom. The van der Waals surface area contributed by atoms with Gasteiger partial charge in [-0.2, -0.15) is 0 Å². The van der Waals surface area contributed by atoms with Crippen LogP contribution < -0.4 is 4.74 Å². The Balaban J connectivity index is 2.33. The summed E-state index contributed by atoms with van der Waals surface area (Å²) >= 11 is 0. The summed E-state index contributed by atoms with van der Waals surface area (Å²) in [5.74, 6) is 0.315. The van der Waals surface area contributed by atoms with E-state index in [4.69, 9.17) is 4.74 Å². The van der Waals surface area contributed by atoms with E-state index in [-0.39, 0.29) is 17.3 Å². The lowest BCUT2D eigenvalue weighted by atomic mass is 10.2. The highest BCUT2D eigenvalue weighted by Crippen LogP contribution is 2.31. The summed E-state index contributed by atoms with van der Waals surface area (Å²) in [6, 6.07) is 7.58. The molecule has 96 valence electrons. The number of aldehydes is 1. The quantitative estimate of drug-likeness (QED) is 0.478. The Morgan fingerprint density at radius 1 is 1.32 bits per heavy atom. The summed E-state index contributed by atoms with van der Waals surface area (Å²) < 4.78 is 5.38. The van der Waals surface area contributed by atoms with Crippen LogP contribution in [0.25, 0.3) is 0 Å². The number of benzene rings is 1. The number of nitrogens with zero attached hydrogens (tertiary/aromatic N) is 2. The van der Waals surface area contributed by atoms with Crippen LogP contribution in [0.1, 0.15) is 15.9 Å². The van der Waals surface area contributed by atoms with Gasteiger partial charge >= 0.3 is 5.69 Å². The van der Waals surface area contributed by atoms with Crippen molar-refractivity contribution in [2.75, 3.05) is 0 Å². The second-order valence-electron chi connectivity index (χ2n) is 3.88. The van der Waals surface area contributed by atoms with Gasteiger partial charge in [-0.3, -0.25) is 14.9 Å². The molecule has 6 nitrogen and oxygen atoms in total. The second-order valence-corrected chi connectivity index (χ2v) is 3.88. The van der Waals surface area contributed by atoms with Crippen molar-refractivity contribution in [3.05, 3.63) is 57.8 Å². The molecule has 2 aromatic rings. The average Bonchev–Trinajstić information content (AvgIpc) is 2.39. The fourth-order valence-corrected chi connectivity index (χ4v) is 1.49. The third-order valence-electron chi connectivity index (χ3n) is 2.42. The van der Waals surface area contributed by atoms with Crippen molar-refractivity contribution in [1.29, 1.82) is 0 Å². The monoisotopic (exact) mass is 258 g/mol. The Labute approximate surface area is 108 Å². The van der Waals surface area contributed by atoms with Gasteiger partial charge < -0.3 is 4.74 Å². The van der Waals surface area contributed by atoms with Gasteiger partial charge in [-0.05, 0) is 24.6 Å². The van der Waals surface area contributed by atoms with Crippen LogP contribution in [0.3, 0.4) is 0 Å². The molecule has 0 saturated carbocycles. The summed E-state index contributed by atoms with van der Waals surface area (Å²) in [7, 11) is 0. The van der Waals surface area contributed by atoms with E-state index in [0.717, 1.165) is 5.56 Å². The fraction of sp³-hybridized carbons (Fsp3) is 0.0769. The molecule has 19 heavy (non-hydrogen) atoms. The van der Waals surface area contributed by atoms with Crippen LogP contribution in [0.4, 0.5) is 5.69 Å². The van der Waals surface area contributed by atoms with Gasteiger partial charge in [0.05, 0.1) is 4.92 Å². The average molecular weight is 258 g/mol. The molecule has 1 aromatic heterocycles. The molecule has 2 rings (SSSR count). The van der Waals surface area contributed by atoms with Crippen molar-refractivity contribution >= 4 is 12.0 Å². The molecule has 0 aliphatic heterocycles. The first-order valence-corrected chi connectivity index (χ1v) is 5.44. The highest BCUT2D eigenvalue weighted by molar-refractivity contribution is 5.74. The normalized spacial score (nSPS) is 9.95. The molecular weight excluding hydrogens is 248 g/mol.